The van der Waals surface area contributed by atoms with Crippen molar-refractivity contribution in [2.75, 3.05) is 25.5 Å². The number of fused-ring (bicyclic) bond motifs is 1. The van der Waals surface area contributed by atoms with E-state index in [1.165, 1.54) is 0 Å². The quantitative estimate of drug-likeness (QED) is 0.410. The number of hydrogen-bond donors (Lipinski definition) is 3. The number of hydrogen-bond acceptors (Lipinski definition) is 3. The van der Waals surface area contributed by atoms with Gasteiger partial charge < -0.3 is 20.8 Å². The summed E-state index contributed by atoms with van der Waals surface area (Å²) in [6.45, 7) is 5.21. The highest BCUT2D eigenvalue weighted by Gasteiger charge is 2.11. The van der Waals surface area contributed by atoms with Crippen molar-refractivity contribution < 1.29 is 9.53 Å². The van der Waals surface area contributed by atoms with Crippen LogP contribution in [0, 0.1) is 0 Å². The number of rotatable bonds is 7. The van der Waals surface area contributed by atoms with Crippen LogP contribution >= 0.6 is 0 Å². The van der Waals surface area contributed by atoms with E-state index in [4.69, 9.17) is 10.5 Å². The molecule has 0 atom stereocenters. The number of ether oxygens (including phenoxy) is 1. The first kappa shape index (κ1) is 14.1. The standard InChI is InChI=1S/C15H19N3O2/c1-2-3-7-20-8-6-17-15(19)13-10-18-14-5-4-11(16)9-12(13)14/h2,4-5,9-10,18H,1,3,6-8,16H2,(H,17,19). The van der Waals surface area contributed by atoms with Crippen LogP contribution < -0.4 is 11.1 Å². The smallest absolute Gasteiger partial charge is 0.253 e. The zero-order chi connectivity index (χ0) is 14.4. The highest BCUT2D eigenvalue weighted by molar-refractivity contribution is 6.07. The van der Waals surface area contributed by atoms with Gasteiger partial charge in [0.25, 0.3) is 5.91 Å². The zero-order valence-corrected chi connectivity index (χ0v) is 11.3. The molecule has 0 aliphatic rings. The fourth-order valence-corrected chi connectivity index (χ4v) is 1.93. The van der Waals surface area contributed by atoms with E-state index < -0.39 is 0 Å². The Labute approximate surface area is 117 Å². The monoisotopic (exact) mass is 273 g/mol. The van der Waals surface area contributed by atoms with Crippen molar-refractivity contribution in [1.29, 1.82) is 0 Å². The Bertz CT molecular complexity index is 604. The van der Waals surface area contributed by atoms with Crippen molar-refractivity contribution in [1.82, 2.24) is 10.3 Å². The highest BCUT2D eigenvalue weighted by atomic mass is 16.5. The summed E-state index contributed by atoms with van der Waals surface area (Å²) in [5, 5.41) is 3.65. The Kier molecular flexibility index (Phi) is 4.79. The number of anilines is 1. The van der Waals surface area contributed by atoms with Crippen LogP contribution in [-0.4, -0.2) is 30.6 Å². The van der Waals surface area contributed by atoms with Crippen LogP contribution in [0.2, 0.25) is 0 Å². The van der Waals surface area contributed by atoms with Crippen molar-refractivity contribution in [3.63, 3.8) is 0 Å². The molecule has 0 saturated carbocycles. The summed E-state index contributed by atoms with van der Waals surface area (Å²) in [7, 11) is 0. The molecule has 4 N–H and O–H groups in total. The largest absolute Gasteiger partial charge is 0.399 e. The van der Waals surface area contributed by atoms with E-state index in [0.717, 1.165) is 17.3 Å². The molecule has 20 heavy (non-hydrogen) atoms. The molecule has 1 aromatic heterocycles. The van der Waals surface area contributed by atoms with Crippen molar-refractivity contribution in [3.8, 4) is 0 Å². The molecule has 0 fully saturated rings. The summed E-state index contributed by atoms with van der Waals surface area (Å²) in [5.74, 6) is -0.130. The molecule has 0 aliphatic heterocycles. The minimum atomic E-state index is -0.130. The molecule has 2 aromatic rings. The number of nitrogens with one attached hydrogen (secondary N) is 2. The number of aromatic amines is 1. The van der Waals surface area contributed by atoms with Crippen LogP contribution in [0.25, 0.3) is 10.9 Å². The third-order valence-corrected chi connectivity index (χ3v) is 2.95. The van der Waals surface area contributed by atoms with E-state index in [-0.39, 0.29) is 5.91 Å². The number of aromatic nitrogens is 1. The number of amides is 1. The molecule has 0 aliphatic carbocycles. The fourth-order valence-electron chi connectivity index (χ4n) is 1.93. The molecule has 1 aromatic carbocycles. The summed E-state index contributed by atoms with van der Waals surface area (Å²) >= 11 is 0. The average molecular weight is 273 g/mol. The van der Waals surface area contributed by atoms with E-state index in [9.17, 15) is 4.79 Å². The molecule has 0 spiro atoms. The number of nitrogen functional groups attached to an aromatic ring is 1. The number of H-pyrrole nitrogens is 1. The van der Waals surface area contributed by atoms with Gasteiger partial charge in [-0.3, -0.25) is 4.79 Å². The predicted molar refractivity (Wildman–Crippen MR) is 80.7 cm³/mol. The Balaban J connectivity index is 1.91. The molecule has 0 bridgehead atoms. The third kappa shape index (κ3) is 3.39. The molecule has 1 heterocycles. The highest BCUT2D eigenvalue weighted by Crippen LogP contribution is 2.20. The summed E-state index contributed by atoms with van der Waals surface area (Å²) in [6, 6.07) is 5.45. The lowest BCUT2D eigenvalue weighted by molar-refractivity contribution is 0.0919. The molecular formula is C15H19N3O2. The average Bonchev–Trinajstić information content (AvgIpc) is 2.85. The zero-order valence-electron chi connectivity index (χ0n) is 11.3. The van der Waals surface area contributed by atoms with Gasteiger partial charge in [0.15, 0.2) is 0 Å². The maximum atomic E-state index is 12.1. The van der Waals surface area contributed by atoms with Crippen molar-refractivity contribution in [3.05, 3.63) is 42.6 Å². The van der Waals surface area contributed by atoms with Crippen molar-refractivity contribution >= 4 is 22.5 Å². The molecule has 0 radical (unpaired) electrons. The number of carbonyl (C=O) groups is 1. The molecular weight excluding hydrogens is 254 g/mol. The second-order valence-corrected chi connectivity index (χ2v) is 4.45. The molecule has 5 heteroatoms. The lowest BCUT2D eigenvalue weighted by Crippen LogP contribution is -2.27. The van der Waals surface area contributed by atoms with Gasteiger partial charge in [-0.1, -0.05) is 6.08 Å². The Morgan fingerprint density at radius 3 is 3.10 bits per heavy atom. The van der Waals surface area contributed by atoms with Crippen LogP contribution in [0.4, 0.5) is 5.69 Å². The van der Waals surface area contributed by atoms with Gasteiger partial charge in [-0.15, -0.1) is 6.58 Å². The summed E-state index contributed by atoms with van der Waals surface area (Å²) in [5.41, 5.74) is 7.88. The summed E-state index contributed by atoms with van der Waals surface area (Å²) in [6.07, 6.45) is 4.31. The van der Waals surface area contributed by atoms with Gasteiger partial charge >= 0.3 is 0 Å². The van der Waals surface area contributed by atoms with Crippen LogP contribution in [-0.2, 0) is 4.74 Å². The normalized spacial score (nSPS) is 10.6. The second-order valence-electron chi connectivity index (χ2n) is 4.45. The molecule has 5 nitrogen and oxygen atoms in total. The van der Waals surface area contributed by atoms with Crippen molar-refractivity contribution in [2.45, 2.75) is 6.42 Å². The van der Waals surface area contributed by atoms with Gasteiger partial charge in [-0.2, -0.15) is 0 Å². The molecule has 2 rings (SSSR count). The first-order valence-corrected chi connectivity index (χ1v) is 6.56. The van der Waals surface area contributed by atoms with E-state index in [0.29, 0.717) is 31.0 Å². The van der Waals surface area contributed by atoms with E-state index in [1.807, 2.05) is 6.07 Å². The molecule has 0 saturated heterocycles. The third-order valence-electron chi connectivity index (χ3n) is 2.95. The lowest BCUT2D eigenvalue weighted by atomic mass is 10.1. The Morgan fingerprint density at radius 1 is 1.45 bits per heavy atom. The molecule has 106 valence electrons. The minimum Gasteiger partial charge on any atom is -0.399 e. The van der Waals surface area contributed by atoms with E-state index in [1.54, 1.807) is 24.4 Å². The van der Waals surface area contributed by atoms with Gasteiger partial charge in [0.05, 0.1) is 18.8 Å². The first-order valence-electron chi connectivity index (χ1n) is 6.56. The maximum absolute atomic E-state index is 12.1. The SMILES string of the molecule is C=CCCOCCNC(=O)c1c[nH]c2ccc(N)cc12. The Morgan fingerprint density at radius 2 is 2.30 bits per heavy atom. The van der Waals surface area contributed by atoms with Crippen LogP contribution in [0.1, 0.15) is 16.8 Å². The molecule has 1 amide bonds. The number of carbonyl (C=O) groups excluding carboxylic acids is 1. The lowest BCUT2D eigenvalue weighted by Gasteiger charge is -2.05. The van der Waals surface area contributed by atoms with Crippen molar-refractivity contribution in [2.24, 2.45) is 0 Å². The van der Waals surface area contributed by atoms with Gasteiger partial charge in [0.1, 0.15) is 0 Å². The van der Waals surface area contributed by atoms with Gasteiger partial charge in [0, 0.05) is 29.3 Å². The summed E-state index contributed by atoms with van der Waals surface area (Å²) < 4.78 is 5.33. The predicted octanol–water partition coefficient (Wildman–Crippen LogP) is 2.07. The molecule has 0 unspecified atom stereocenters. The van der Waals surface area contributed by atoms with E-state index >= 15 is 0 Å². The number of nitrogens with two attached hydrogens (primary N) is 1. The second kappa shape index (κ2) is 6.77. The van der Waals surface area contributed by atoms with Gasteiger partial charge in [-0.25, -0.2) is 0 Å². The van der Waals surface area contributed by atoms with E-state index in [2.05, 4.69) is 16.9 Å². The fraction of sp³-hybridized carbons (Fsp3) is 0.267. The first-order chi connectivity index (χ1) is 9.72. The van der Waals surface area contributed by atoms with Gasteiger partial charge in [-0.05, 0) is 24.6 Å². The minimum absolute atomic E-state index is 0.130. The maximum Gasteiger partial charge on any atom is 0.253 e. The summed E-state index contributed by atoms with van der Waals surface area (Å²) in [4.78, 5) is 15.1. The Hall–Kier alpha value is -2.27. The van der Waals surface area contributed by atoms with Crippen LogP contribution in [0.3, 0.4) is 0 Å². The van der Waals surface area contributed by atoms with Crippen LogP contribution in [0.5, 0.6) is 0 Å². The number of benzene rings is 1. The van der Waals surface area contributed by atoms with Crippen LogP contribution in [0.15, 0.2) is 37.1 Å². The topological polar surface area (TPSA) is 80.1 Å². The van der Waals surface area contributed by atoms with Gasteiger partial charge in [0.2, 0.25) is 0 Å².